The first kappa shape index (κ1) is 25.9. The van der Waals surface area contributed by atoms with E-state index in [0.717, 1.165) is 58.3 Å². The summed E-state index contributed by atoms with van der Waals surface area (Å²) in [6.07, 6.45) is 6.58. The number of likely N-dealkylation sites (tertiary alicyclic amines) is 1. The molecule has 0 spiro atoms. The Balaban J connectivity index is 0.00000392. The highest BCUT2D eigenvalue weighted by Crippen LogP contribution is 2.10. The molecule has 0 aromatic carbocycles. The van der Waals surface area contributed by atoms with E-state index in [0.29, 0.717) is 13.1 Å². The van der Waals surface area contributed by atoms with Gasteiger partial charge in [-0.2, -0.15) is 0 Å². The number of nitrogens with zero attached hydrogens (tertiary/aromatic N) is 3. The molecule has 2 fully saturated rings. The van der Waals surface area contributed by atoms with Crippen molar-refractivity contribution in [1.82, 2.24) is 20.4 Å². The summed E-state index contributed by atoms with van der Waals surface area (Å²) in [6.45, 7) is 13.6. The Morgan fingerprint density at radius 2 is 1.71 bits per heavy atom. The molecule has 7 nitrogen and oxygen atoms in total. The van der Waals surface area contributed by atoms with Crippen LogP contribution in [0.15, 0.2) is 4.99 Å². The van der Waals surface area contributed by atoms with Gasteiger partial charge in [0.05, 0.1) is 25.4 Å². The maximum absolute atomic E-state index is 10.7. The monoisotopic (exact) mass is 511 g/mol. The normalized spacial score (nSPS) is 22.0. The van der Waals surface area contributed by atoms with E-state index in [-0.39, 0.29) is 24.0 Å². The maximum atomic E-state index is 10.7. The number of halogens is 1. The number of rotatable bonds is 9. The highest BCUT2D eigenvalue weighted by Gasteiger charge is 2.25. The minimum Gasteiger partial charge on any atom is -0.387 e. The number of hydrogen-bond acceptors (Lipinski definition) is 5. The summed E-state index contributed by atoms with van der Waals surface area (Å²) < 4.78 is 5.38. The third-order valence-corrected chi connectivity index (χ3v) is 5.23. The first-order chi connectivity index (χ1) is 13.1. The Morgan fingerprint density at radius 3 is 2.36 bits per heavy atom. The Hall–Kier alpha value is -0.160. The number of ether oxygens (including phenoxy) is 1. The summed E-state index contributed by atoms with van der Waals surface area (Å²) in [5, 5.41) is 17.4. The van der Waals surface area contributed by atoms with Crippen LogP contribution in [0.4, 0.5) is 0 Å². The lowest BCUT2D eigenvalue weighted by molar-refractivity contribution is -0.0179. The summed E-state index contributed by atoms with van der Waals surface area (Å²) in [5.74, 6) is 0.801. The lowest BCUT2D eigenvalue weighted by Gasteiger charge is -2.33. The van der Waals surface area contributed by atoms with Crippen molar-refractivity contribution >= 4 is 29.9 Å². The van der Waals surface area contributed by atoms with Crippen LogP contribution in [0.3, 0.4) is 0 Å². The third-order valence-electron chi connectivity index (χ3n) is 5.23. The number of hydrogen-bond donors (Lipinski definition) is 3. The fourth-order valence-electron chi connectivity index (χ4n) is 3.75. The molecule has 2 aliphatic heterocycles. The summed E-state index contributed by atoms with van der Waals surface area (Å²) in [5.41, 5.74) is -0.828. The minimum atomic E-state index is -0.828. The summed E-state index contributed by atoms with van der Waals surface area (Å²) >= 11 is 0. The van der Waals surface area contributed by atoms with Crippen LogP contribution in [0.2, 0.25) is 0 Å². The van der Waals surface area contributed by atoms with Crippen LogP contribution in [-0.2, 0) is 4.74 Å². The van der Waals surface area contributed by atoms with Gasteiger partial charge in [0.25, 0.3) is 0 Å². The van der Waals surface area contributed by atoms with Gasteiger partial charge in [-0.15, -0.1) is 24.0 Å². The van der Waals surface area contributed by atoms with Gasteiger partial charge in [0.1, 0.15) is 0 Å². The molecule has 2 saturated heterocycles. The Labute approximate surface area is 188 Å². The average Bonchev–Trinajstić information content (AvgIpc) is 2.92. The summed E-state index contributed by atoms with van der Waals surface area (Å²) in [6, 6.07) is 0. The highest BCUT2D eigenvalue weighted by atomic mass is 127. The molecule has 8 heteroatoms. The quantitative estimate of drug-likeness (QED) is 0.189. The van der Waals surface area contributed by atoms with Crippen LogP contribution >= 0.6 is 24.0 Å². The van der Waals surface area contributed by atoms with E-state index in [9.17, 15) is 5.11 Å². The topological polar surface area (TPSA) is 72.4 Å². The molecule has 3 N–H and O–H groups in total. The van der Waals surface area contributed by atoms with Gasteiger partial charge in [0, 0.05) is 32.7 Å². The Kier molecular flexibility index (Phi) is 13.6. The van der Waals surface area contributed by atoms with Crippen molar-refractivity contribution in [1.29, 1.82) is 0 Å². The predicted molar refractivity (Wildman–Crippen MR) is 127 cm³/mol. The van der Waals surface area contributed by atoms with Crippen molar-refractivity contribution in [2.75, 3.05) is 72.1 Å². The van der Waals surface area contributed by atoms with Gasteiger partial charge in [0.15, 0.2) is 5.96 Å². The molecule has 2 heterocycles. The predicted octanol–water partition coefficient (Wildman–Crippen LogP) is 1.51. The largest absolute Gasteiger partial charge is 0.387 e. The van der Waals surface area contributed by atoms with E-state index in [4.69, 9.17) is 4.74 Å². The average molecular weight is 511 g/mol. The molecule has 0 aliphatic carbocycles. The number of guanidine groups is 1. The smallest absolute Gasteiger partial charge is 0.191 e. The molecule has 1 atom stereocenters. The number of β-amino-alcohol motifs (C(OH)–C–C–N with tert-alkyl or cyclic N) is 1. The van der Waals surface area contributed by atoms with Gasteiger partial charge in [-0.3, -0.25) is 9.89 Å². The van der Waals surface area contributed by atoms with E-state index in [1.54, 1.807) is 0 Å². The zero-order chi connectivity index (χ0) is 19.4. The highest BCUT2D eigenvalue weighted by molar-refractivity contribution is 14.0. The van der Waals surface area contributed by atoms with Crippen LogP contribution < -0.4 is 10.6 Å². The van der Waals surface area contributed by atoms with E-state index >= 15 is 0 Å². The van der Waals surface area contributed by atoms with Crippen LogP contribution in [0, 0.1) is 0 Å². The van der Waals surface area contributed by atoms with Crippen molar-refractivity contribution < 1.29 is 9.84 Å². The van der Waals surface area contributed by atoms with Gasteiger partial charge < -0.3 is 25.4 Å². The van der Waals surface area contributed by atoms with Crippen molar-refractivity contribution in [3.05, 3.63) is 0 Å². The SMILES string of the molecule is CCNC(=NCC(C)(O)CN1CCOCC1)NCCCN1CCCCCC1.I. The second-order valence-corrected chi connectivity index (χ2v) is 8.12. The first-order valence-electron chi connectivity index (χ1n) is 10.9. The van der Waals surface area contributed by atoms with Crippen molar-refractivity contribution in [3.8, 4) is 0 Å². The summed E-state index contributed by atoms with van der Waals surface area (Å²) in [7, 11) is 0. The first-order valence-corrected chi connectivity index (χ1v) is 10.9. The van der Waals surface area contributed by atoms with Gasteiger partial charge in [0.2, 0.25) is 0 Å². The van der Waals surface area contributed by atoms with E-state index in [1.165, 1.54) is 38.8 Å². The van der Waals surface area contributed by atoms with E-state index in [1.807, 2.05) is 6.92 Å². The molecule has 2 aliphatic rings. The molecule has 0 radical (unpaired) electrons. The van der Waals surface area contributed by atoms with Gasteiger partial charge in [-0.05, 0) is 52.7 Å². The molecule has 28 heavy (non-hydrogen) atoms. The minimum absolute atomic E-state index is 0. The van der Waals surface area contributed by atoms with Gasteiger partial charge in [-0.25, -0.2) is 0 Å². The molecule has 0 amide bonds. The zero-order valence-electron chi connectivity index (χ0n) is 17.9. The lowest BCUT2D eigenvalue weighted by atomic mass is 10.1. The second-order valence-electron chi connectivity index (χ2n) is 8.12. The number of aliphatic hydroxyl groups is 1. The van der Waals surface area contributed by atoms with Crippen LogP contribution in [-0.4, -0.2) is 98.6 Å². The van der Waals surface area contributed by atoms with Gasteiger partial charge in [-0.1, -0.05) is 12.8 Å². The molecule has 0 aromatic heterocycles. The van der Waals surface area contributed by atoms with Crippen molar-refractivity contribution in [3.63, 3.8) is 0 Å². The fraction of sp³-hybridized carbons (Fsp3) is 0.950. The molecule has 1 unspecified atom stereocenters. The molecule has 166 valence electrons. The fourth-order valence-corrected chi connectivity index (χ4v) is 3.75. The number of morpholine rings is 1. The molecule has 0 aromatic rings. The van der Waals surface area contributed by atoms with Crippen LogP contribution in [0.5, 0.6) is 0 Å². The summed E-state index contributed by atoms with van der Waals surface area (Å²) in [4.78, 5) is 9.46. The Bertz CT molecular complexity index is 423. The van der Waals surface area contributed by atoms with Crippen LogP contribution in [0.1, 0.15) is 46.0 Å². The molecule has 0 bridgehead atoms. The molecular formula is C20H42IN5O2. The Morgan fingerprint density at radius 1 is 1.04 bits per heavy atom. The van der Waals surface area contributed by atoms with Gasteiger partial charge >= 0.3 is 0 Å². The van der Waals surface area contributed by atoms with E-state index < -0.39 is 5.60 Å². The standard InChI is InChI=1S/C20H41N5O2.HI/c1-3-21-19(22-9-8-12-24-10-6-4-5-7-11-24)23-17-20(2,26)18-25-13-15-27-16-14-25;/h26H,3-18H2,1-2H3,(H2,21,22,23);1H. The third kappa shape index (κ3) is 11.1. The zero-order valence-corrected chi connectivity index (χ0v) is 20.2. The van der Waals surface area contributed by atoms with E-state index in [2.05, 4.69) is 32.3 Å². The van der Waals surface area contributed by atoms with Crippen molar-refractivity contribution in [2.45, 2.75) is 51.6 Å². The second kappa shape index (κ2) is 14.8. The molecule has 0 saturated carbocycles. The molecule has 2 rings (SSSR count). The van der Waals surface area contributed by atoms with Crippen molar-refractivity contribution in [2.24, 2.45) is 4.99 Å². The number of aliphatic imine (C=N–C) groups is 1. The lowest BCUT2D eigenvalue weighted by Crippen LogP contribution is -2.48. The molecular weight excluding hydrogens is 469 g/mol. The number of nitrogens with one attached hydrogen (secondary N) is 2. The maximum Gasteiger partial charge on any atom is 0.191 e. The van der Waals surface area contributed by atoms with Crippen LogP contribution in [0.25, 0.3) is 0 Å².